The van der Waals surface area contributed by atoms with Gasteiger partial charge in [-0.1, -0.05) is 24.6 Å². The van der Waals surface area contributed by atoms with Gasteiger partial charge in [0, 0.05) is 36.1 Å². The molecule has 1 aliphatic rings. The summed E-state index contributed by atoms with van der Waals surface area (Å²) in [6.07, 6.45) is 4.79. The van der Waals surface area contributed by atoms with Gasteiger partial charge in [0.2, 0.25) is 5.56 Å². The van der Waals surface area contributed by atoms with Crippen LogP contribution in [0.15, 0.2) is 35.1 Å². The van der Waals surface area contributed by atoms with Crippen molar-refractivity contribution in [2.45, 2.75) is 38.6 Å². The number of carbonyl (C=O) groups excluding carboxylic acids is 1. The first kappa shape index (κ1) is 16.7. The topological polar surface area (TPSA) is 65.2 Å². The van der Waals surface area contributed by atoms with Crippen molar-refractivity contribution in [3.05, 3.63) is 46.2 Å². The van der Waals surface area contributed by atoms with E-state index in [2.05, 4.69) is 22.1 Å². The molecule has 5 nitrogen and oxygen atoms in total. The fourth-order valence-electron chi connectivity index (χ4n) is 3.46. The third kappa shape index (κ3) is 3.85. The lowest BCUT2D eigenvalue weighted by molar-refractivity contribution is 0.0950. The molecule has 1 aromatic heterocycles. The van der Waals surface area contributed by atoms with Gasteiger partial charge in [-0.3, -0.25) is 9.59 Å². The van der Waals surface area contributed by atoms with E-state index in [-0.39, 0.29) is 11.5 Å². The van der Waals surface area contributed by atoms with Crippen LogP contribution in [-0.4, -0.2) is 41.5 Å². The number of hydrogen-bond acceptors (Lipinski definition) is 3. The Balaban J connectivity index is 1.58. The van der Waals surface area contributed by atoms with Crippen LogP contribution < -0.4 is 10.9 Å². The third-order valence-electron chi connectivity index (χ3n) is 4.84. The van der Waals surface area contributed by atoms with Crippen molar-refractivity contribution in [2.24, 2.45) is 0 Å². The number of carbonyl (C=O) groups is 1. The van der Waals surface area contributed by atoms with Crippen molar-refractivity contribution in [2.75, 3.05) is 19.6 Å². The minimum absolute atomic E-state index is 0.177. The number of nitrogens with one attached hydrogen (secondary N) is 2. The number of amides is 1. The lowest BCUT2D eigenvalue weighted by Gasteiger charge is -2.33. The lowest BCUT2D eigenvalue weighted by atomic mass is 10.0. The van der Waals surface area contributed by atoms with E-state index >= 15 is 0 Å². The maximum Gasteiger partial charge on any atom is 0.252 e. The fraction of sp³-hybridized carbons (Fsp3) is 0.474. The second kappa shape index (κ2) is 7.62. The molecule has 0 spiro atoms. The molecule has 0 aliphatic carbocycles. The average molecular weight is 327 g/mol. The number of aromatic nitrogens is 1. The van der Waals surface area contributed by atoms with E-state index in [4.69, 9.17) is 0 Å². The first-order valence-electron chi connectivity index (χ1n) is 8.79. The number of pyridine rings is 1. The summed E-state index contributed by atoms with van der Waals surface area (Å²) >= 11 is 0. The van der Waals surface area contributed by atoms with Gasteiger partial charge in [0.15, 0.2) is 0 Å². The molecule has 1 unspecified atom stereocenters. The van der Waals surface area contributed by atoms with E-state index in [1.165, 1.54) is 25.3 Å². The van der Waals surface area contributed by atoms with Crippen molar-refractivity contribution in [1.29, 1.82) is 0 Å². The highest BCUT2D eigenvalue weighted by Crippen LogP contribution is 2.16. The summed E-state index contributed by atoms with van der Waals surface area (Å²) < 4.78 is 0. The number of nitrogens with zero attached hydrogens (tertiary/aromatic N) is 1. The minimum atomic E-state index is -0.249. The Hall–Kier alpha value is -2.14. The van der Waals surface area contributed by atoms with E-state index in [0.29, 0.717) is 23.7 Å². The number of fused-ring (bicyclic) bond motifs is 1. The van der Waals surface area contributed by atoms with Gasteiger partial charge in [-0.25, -0.2) is 0 Å². The SMILES string of the molecule is CC1CCCCN1CCCNC(=O)c1cc(=O)[nH]c2ccccc12. The van der Waals surface area contributed by atoms with Crippen molar-refractivity contribution in [3.63, 3.8) is 0 Å². The fourth-order valence-corrected chi connectivity index (χ4v) is 3.46. The number of hydrogen-bond donors (Lipinski definition) is 2. The van der Waals surface area contributed by atoms with Gasteiger partial charge >= 0.3 is 0 Å². The number of aromatic amines is 1. The highest BCUT2D eigenvalue weighted by molar-refractivity contribution is 6.05. The molecule has 1 atom stereocenters. The second-order valence-electron chi connectivity index (χ2n) is 6.58. The van der Waals surface area contributed by atoms with E-state index in [1.54, 1.807) is 0 Å². The summed E-state index contributed by atoms with van der Waals surface area (Å²) in [5.74, 6) is -0.177. The molecule has 2 N–H and O–H groups in total. The number of para-hydroxylation sites is 1. The number of benzene rings is 1. The molecule has 0 saturated carbocycles. The Labute approximate surface area is 142 Å². The van der Waals surface area contributed by atoms with Gasteiger partial charge in [-0.05, 0) is 38.8 Å². The summed E-state index contributed by atoms with van der Waals surface area (Å²) in [7, 11) is 0. The molecule has 128 valence electrons. The summed E-state index contributed by atoms with van der Waals surface area (Å²) in [6.45, 7) is 5.08. The lowest BCUT2D eigenvalue weighted by Crippen LogP contribution is -2.39. The van der Waals surface area contributed by atoms with Crippen molar-refractivity contribution >= 4 is 16.8 Å². The largest absolute Gasteiger partial charge is 0.352 e. The molecule has 1 saturated heterocycles. The normalized spacial score (nSPS) is 18.6. The monoisotopic (exact) mass is 327 g/mol. The molecule has 1 aromatic carbocycles. The average Bonchev–Trinajstić information content (AvgIpc) is 2.59. The summed E-state index contributed by atoms with van der Waals surface area (Å²) in [4.78, 5) is 29.4. The summed E-state index contributed by atoms with van der Waals surface area (Å²) in [6, 6.07) is 9.41. The first-order chi connectivity index (χ1) is 11.6. The van der Waals surface area contributed by atoms with Gasteiger partial charge < -0.3 is 15.2 Å². The molecular weight excluding hydrogens is 302 g/mol. The number of piperidine rings is 1. The van der Waals surface area contributed by atoms with Crippen LogP contribution in [0.4, 0.5) is 0 Å². The molecule has 1 amide bonds. The summed E-state index contributed by atoms with van der Waals surface area (Å²) in [5.41, 5.74) is 0.888. The van der Waals surface area contributed by atoms with Crippen LogP contribution in [0.2, 0.25) is 0 Å². The van der Waals surface area contributed by atoms with Crippen LogP contribution in [0.25, 0.3) is 10.9 Å². The van der Waals surface area contributed by atoms with Crippen LogP contribution >= 0.6 is 0 Å². The zero-order valence-electron chi connectivity index (χ0n) is 14.2. The highest BCUT2D eigenvalue weighted by atomic mass is 16.2. The molecule has 0 bridgehead atoms. The number of rotatable bonds is 5. The summed E-state index contributed by atoms with van der Waals surface area (Å²) in [5, 5.41) is 3.73. The van der Waals surface area contributed by atoms with Crippen molar-refractivity contribution in [1.82, 2.24) is 15.2 Å². The zero-order valence-corrected chi connectivity index (χ0v) is 14.2. The first-order valence-corrected chi connectivity index (χ1v) is 8.79. The van der Waals surface area contributed by atoms with Crippen LogP contribution in [0.5, 0.6) is 0 Å². The molecule has 2 aromatic rings. The Bertz CT molecular complexity index is 769. The Morgan fingerprint density at radius 2 is 2.17 bits per heavy atom. The zero-order chi connectivity index (χ0) is 16.9. The van der Waals surface area contributed by atoms with E-state index in [9.17, 15) is 9.59 Å². The van der Waals surface area contributed by atoms with Crippen LogP contribution in [0.3, 0.4) is 0 Å². The number of H-pyrrole nitrogens is 1. The third-order valence-corrected chi connectivity index (χ3v) is 4.84. The predicted molar refractivity (Wildman–Crippen MR) is 96.4 cm³/mol. The van der Waals surface area contributed by atoms with E-state index in [0.717, 1.165) is 24.9 Å². The van der Waals surface area contributed by atoms with Gasteiger partial charge in [0.05, 0.1) is 5.56 Å². The Morgan fingerprint density at radius 3 is 3.00 bits per heavy atom. The van der Waals surface area contributed by atoms with Gasteiger partial charge in [0.1, 0.15) is 0 Å². The molecule has 2 heterocycles. The van der Waals surface area contributed by atoms with Crippen LogP contribution in [0.1, 0.15) is 43.0 Å². The van der Waals surface area contributed by atoms with Crippen LogP contribution in [0, 0.1) is 0 Å². The second-order valence-corrected chi connectivity index (χ2v) is 6.58. The smallest absolute Gasteiger partial charge is 0.252 e. The minimum Gasteiger partial charge on any atom is -0.352 e. The Kier molecular flexibility index (Phi) is 5.30. The maximum absolute atomic E-state index is 12.4. The molecule has 24 heavy (non-hydrogen) atoms. The number of likely N-dealkylation sites (tertiary alicyclic amines) is 1. The van der Waals surface area contributed by atoms with Gasteiger partial charge in [0.25, 0.3) is 5.91 Å². The maximum atomic E-state index is 12.4. The van der Waals surface area contributed by atoms with E-state index in [1.807, 2.05) is 24.3 Å². The van der Waals surface area contributed by atoms with Gasteiger partial charge in [-0.2, -0.15) is 0 Å². The molecule has 1 aliphatic heterocycles. The predicted octanol–water partition coefficient (Wildman–Crippen LogP) is 2.52. The van der Waals surface area contributed by atoms with Crippen molar-refractivity contribution < 1.29 is 4.79 Å². The molecule has 5 heteroatoms. The molecule has 1 fully saturated rings. The molecular formula is C19H25N3O2. The van der Waals surface area contributed by atoms with E-state index < -0.39 is 0 Å². The molecule has 0 radical (unpaired) electrons. The standard InChI is InChI=1S/C19H25N3O2/c1-14-7-4-5-11-22(14)12-6-10-20-19(24)16-13-18(23)21-17-9-3-2-8-15(16)17/h2-3,8-9,13-14H,4-7,10-12H2,1H3,(H,20,24)(H,21,23). The molecule has 3 rings (SSSR count). The highest BCUT2D eigenvalue weighted by Gasteiger charge is 2.17. The van der Waals surface area contributed by atoms with Crippen LogP contribution in [-0.2, 0) is 0 Å². The van der Waals surface area contributed by atoms with Gasteiger partial charge in [-0.15, -0.1) is 0 Å². The Morgan fingerprint density at radius 1 is 1.33 bits per heavy atom. The quantitative estimate of drug-likeness (QED) is 0.830. The van der Waals surface area contributed by atoms with Crippen molar-refractivity contribution in [3.8, 4) is 0 Å².